The molecule has 0 bridgehead atoms. The van der Waals surface area contributed by atoms with Crippen molar-refractivity contribution in [2.45, 2.75) is 32.6 Å². The number of rotatable bonds is 6. The predicted octanol–water partition coefficient (Wildman–Crippen LogP) is 2.92. The summed E-state index contributed by atoms with van der Waals surface area (Å²) in [5, 5.41) is 4.73. The van der Waals surface area contributed by atoms with Gasteiger partial charge in [0.2, 0.25) is 5.89 Å². The molecular weight excluding hydrogens is 364 g/mol. The van der Waals surface area contributed by atoms with Crippen LogP contribution in [0, 0.1) is 0 Å². The maximum Gasteiger partial charge on any atom is 0.226 e. The number of guanidine groups is 1. The Bertz CT molecular complexity index is 750. The van der Waals surface area contributed by atoms with Crippen molar-refractivity contribution < 1.29 is 4.52 Å². The fourth-order valence-corrected chi connectivity index (χ4v) is 3.10. The highest BCUT2D eigenvalue weighted by molar-refractivity contribution is 6.30. The molecule has 1 saturated heterocycles. The zero-order chi connectivity index (χ0) is 19.2. The second kappa shape index (κ2) is 9.08. The van der Waals surface area contributed by atoms with E-state index in [0.717, 1.165) is 49.9 Å². The molecule has 0 aliphatic carbocycles. The van der Waals surface area contributed by atoms with Crippen LogP contribution in [0.2, 0.25) is 5.02 Å². The molecule has 1 fully saturated rings. The molecule has 27 heavy (non-hydrogen) atoms. The number of hydrogen-bond donors (Lipinski definition) is 1. The van der Waals surface area contributed by atoms with Crippen LogP contribution in [0.15, 0.2) is 33.8 Å². The number of aliphatic imine (C=N–C) groups is 1. The van der Waals surface area contributed by atoms with E-state index in [4.69, 9.17) is 21.9 Å². The number of aromatic nitrogens is 2. The summed E-state index contributed by atoms with van der Waals surface area (Å²) in [7, 11) is 0. The number of hydrogen-bond acceptors (Lipinski definition) is 5. The Balaban J connectivity index is 1.41. The molecule has 1 aliphatic heterocycles. The van der Waals surface area contributed by atoms with Crippen LogP contribution in [0.5, 0.6) is 0 Å². The van der Waals surface area contributed by atoms with E-state index in [1.165, 1.54) is 5.69 Å². The lowest BCUT2D eigenvalue weighted by Gasteiger charge is -2.36. The van der Waals surface area contributed by atoms with Gasteiger partial charge in [-0.05, 0) is 30.7 Å². The summed E-state index contributed by atoms with van der Waals surface area (Å²) in [6, 6.07) is 7.95. The van der Waals surface area contributed by atoms with Gasteiger partial charge in [0.1, 0.15) is 0 Å². The third-order valence-corrected chi connectivity index (χ3v) is 4.87. The molecule has 2 heterocycles. The van der Waals surface area contributed by atoms with Crippen LogP contribution in [-0.4, -0.2) is 53.7 Å². The fourth-order valence-electron chi connectivity index (χ4n) is 2.97. The number of halogens is 1. The van der Waals surface area contributed by atoms with Gasteiger partial charge in [0, 0.05) is 55.8 Å². The molecule has 146 valence electrons. The highest BCUT2D eigenvalue weighted by Gasteiger charge is 2.18. The first-order valence-corrected chi connectivity index (χ1v) is 9.78. The largest absolute Gasteiger partial charge is 0.370 e. The van der Waals surface area contributed by atoms with Crippen LogP contribution in [-0.2, 0) is 6.42 Å². The van der Waals surface area contributed by atoms with Crippen molar-refractivity contribution in [3.05, 3.63) is 41.0 Å². The van der Waals surface area contributed by atoms with E-state index in [1.54, 1.807) is 0 Å². The highest BCUT2D eigenvalue weighted by Crippen LogP contribution is 2.19. The molecule has 2 aromatic rings. The Morgan fingerprint density at radius 3 is 2.56 bits per heavy atom. The maximum absolute atomic E-state index is 6.16. The molecule has 0 spiro atoms. The van der Waals surface area contributed by atoms with E-state index in [0.29, 0.717) is 18.4 Å². The van der Waals surface area contributed by atoms with E-state index in [1.807, 2.05) is 26.0 Å². The number of aryl methyl sites for hydroxylation is 1. The summed E-state index contributed by atoms with van der Waals surface area (Å²) in [4.78, 5) is 13.4. The summed E-state index contributed by atoms with van der Waals surface area (Å²) >= 11 is 5.96. The molecule has 0 radical (unpaired) electrons. The number of nitrogens with zero attached hydrogens (tertiary/aromatic N) is 5. The summed E-state index contributed by atoms with van der Waals surface area (Å²) in [6.45, 7) is 8.30. The van der Waals surface area contributed by atoms with E-state index in [-0.39, 0.29) is 5.92 Å². The first-order valence-electron chi connectivity index (χ1n) is 9.41. The lowest BCUT2D eigenvalue weighted by Crippen LogP contribution is -2.51. The van der Waals surface area contributed by atoms with Crippen LogP contribution >= 0.6 is 11.6 Å². The average molecular weight is 391 g/mol. The lowest BCUT2D eigenvalue weighted by atomic mass is 10.2. The topological polar surface area (TPSA) is 83.8 Å². The minimum Gasteiger partial charge on any atom is -0.370 e. The van der Waals surface area contributed by atoms with Gasteiger partial charge in [0.05, 0.1) is 0 Å². The first-order chi connectivity index (χ1) is 13.0. The molecule has 2 N–H and O–H groups in total. The molecule has 0 saturated carbocycles. The number of piperazine rings is 1. The lowest BCUT2D eigenvalue weighted by molar-refractivity contribution is 0.368. The minimum atomic E-state index is 0.280. The van der Waals surface area contributed by atoms with Gasteiger partial charge in [0.25, 0.3) is 0 Å². The van der Waals surface area contributed by atoms with Crippen LogP contribution < -0.4 is 10.6 Å². The second-order valence-corrected chi connectivity index (χ2v) is 7.43. The molecule has 1 aliphatic rings. The fraction of sp³-hybridized carbons (Fsp3) is 0.526. The summed E-state index contributed by atoms with van der Waals surface area (Å²) < 4.78 is 5.25. The van der Waals surface area contributed by atoms with Gasteiger partial charge in [-0.25, -0.2) is 0 Å². The molecule has 7 nitrogen and oxygen atoms in total. The smallest absolute Gasteiger partial charge is 0.226 e. The maximum atomic E-state index is 6.16. The first kappa shape index (κ1) is 19.5. The van der Waals surface area contributed by atoms with E-state index >= 15 is 0 Å². The van der Waals surface area contributed by atoms with Gasteiger partial charge in [-0.2, -0.15) is 4.98 Å². The minimum absolute atomic E-state index is 0.280. The van der Waals surface area contributed by atoms with Crippen molar-refractivity contribution >= 4 is 23.2 Å². The highest BCUT2D eigenvalue weighted by atomic mass is 35.5. The molecular formula is C19H27ClN6O. The predicted molar refractivity (Wildman–Crippen MR) is 108 cm³/mol. The normalized spacial score (nSPS) is 15.6. The number of benzene rings is 1. The quantitative estimate of drug-likeness (QED) is 0.464. The van der Waals surface area contributed by atoms with Crippen molar-refractivity contribution in [3.8, 4) is 0 Å². The summed E-state index contributed by atoms with van der Waals surface area (Å²) in [6.07, 6.45) is 1.56. The van der Waals surface area contributed by atoms with Gasteiger partial charge < -0.3 is 20.1 Å². The van der Waals surface area contributed by atoms with Crippen LogP contribution in [0.4, 0.5) is 5.69 Å². The van der Waals surface area contributed by atoms with Crippen molar-refractivity contribution in [3.63, 3.8) is 0 Å². The van der Waals surface area contributed by atoms with Crippen LogP contribution in [0.25, 0.3) is 0 Å². The second-order valence-electron chi connectivity index (χ2n) is 7.00. The van der Waals surface area contributed by atoms with Crippen LogP contribution in [0.3, 0.4) is 0 Å². The third-order valence-electron chi connectivity index (χ3n) is 4.62. The van der Waals surface area contributed by atoms with Gasteiger partial charge in [-0.3, -0.25) is 4.99 Å². The summed E-state index contributed by atoms with van der Waals surface area (Å²) in [5.74, 6) is 2.32. The van der Waals surface area contributed by atoms with E-state index in [9.17, 15) is 0 Å². The van der Waals surface area contributed by atoms with Crippen molar-refractivity contribution in [2.75, 3.05) is 37.6 Å². The molecule has 1 aromatic heterocycles. The molecule has 0 unspecified atom stereocenters. The molecule has 0 amide bonds. The zero-order valence-corrected chi connectivity index (χ0v) is 16.7. The molecule has 1 aromatic carbocycles. The number of nitrogens with two attached hydrogens (primary N) is 1. The molecule has 8 heteroatoms. The van der Waals surface area contributed by atoms with Gasteiger partial charge in [-0.15, -0.1) is 0 Å². The standard InChI is InChI=1S/C19H27ClN6O/c1-14(2)18-23-17(27-24-18)4-3-9-22-19(21)26-12-10-25(11-13-26)16-7-5-15(20)6-8-16/h5-8,14H,3-4,9-13H2,1-2H3,(H2,21,22). The monoisotopic (exact) mass is 390 g/mol. The van der Waals surface area contributed by atoms with Crippen molar-refractivity contribution in [2.24, 2.45) is 10.7 Å². The SMILES string of the molecule is CC(C)c1noc(CCCN=C(N)N2CCN(c3ccc(Cl)cc3)CC2)n1. The third kappa shape index (κ3) is 5.35. The Kier molecular flexibility index (Phi) is 6.55. The van der Waals surface area contributed by atoms with Crippen molar-refractivity contribution in [1.29, 1.82) is 0 Å². The van der Waals surface area contributed by atoms with Crippen molar-refractivity contribution in [1.82, 2.24) is 15.0 Å². The Morgan fingerprint density at radius 1 is 1.22 bits per heavy atom. The van der Waals surface area contributed by atoms with Gasteiger partial charge in [0.15, 0.2) is 11.8 Å². The average Bonchev–Trinajstić information content (AvgIpc) is 3.15. The Labute approximate surface area is 165 Å². The Morgan fingerprint density at radius 2 is 1.93 bits per heavy atom. The van der Waals surface area contributed by atoms with Gasteiger partial charge >= 0.3 is 0 Å². The van der Waals surface area contributed by atoms with Gasteiger partial charge in [-0.1, -0.05) is 30.6 Å². The number of anilines is 1. The molecule has 0 atom stereocenters. The molecule has 3 rings (SSSR count). The van der Waals surface area contributed by atoms with E-state index in [2.05, 4.69) is 37.1 Å². The Hall–Kier alpha value is -2.28. The van der Waals surface area contributed by atoms with E-state index < -0.39 is 0 Å². The van der Waals surface area contributed by atoms with Crippen LogP contribution in [0.1, 0.15) is 37.9 Å². The zero-order valence-electron chi connectivity index (χ0n) is 15.9. The summed E-state index contributed by atoms with van der Waals surface area (Å²) in [5.41, 5.74) is 7.35.